The lowest BCUT2D eigenvalue weighted by Crippen LogP contribution is -2.00. The SMILES string of the molecule is Clc1ccc(Br)c(CNc2ccc3nccnc3c2)c1. The number of nitrogens with zero attached hydrogens (tertiary/aromatic N) is 2. The largest absolute Gasteiger partial charge is 0.381 e. The molecule has 0 unspecified atom stereocenters. The summed E-state index contributed by atoms with van der Waals surface area (Å²) in [7, 11) is 0. The van der Waals surface area contributed by atoms with Crippen molar-refractivity contribution in [2.24, 2.45) is 0 Å². The Morgan fingerprint density at radius 3 is 2.65 bits per heavy atom. The van der Waals surface area contributed by atoms with Crippen LogP contribution in [0.1, 0.15) is 5.56 Å². The minimum absolute atomic E-state index is 0.687. The van der Waals surface area contributed by atoms with Gasteiger partial charge in [0.2, 0.25) is 0 Å². The maximum absolute atomic E-state index is 6.01. The van der Waals surface area contributed by atoms with Gasteiger partial charge in [-0.3, -0.25) is 9.97 Å². The summed E-state index contributed by atoms with van der Waals surface area (Å²) in [6, 6.07) is 11.7. The quantitative estimate of drug-likeness (QED) is 0.748. The van der Waals surface area contributed by atoms with E-state index in [0.29, 0.717) is 6.54 Å². The van der Waals surface area contributed by atoms with Gasteiger partial charge >= 0.3 is 0 Å². The number of aromatic nitrogens is 2. The average Bonchev–Trinajstić information content (AvgIpc) is 2.48. The molecule has 0 aliphatic heterocycles. The van der Waals surface area contributed by atoms with E-state index in [1.165, 1.54) is 0 Å². The van der Waals surface area contributed by atoms with E-state index in [4.69, 9.17) is 11.6 Å². The first-order chi connectivity index (χ1) is 9.72. The molecule has 0 radical (unpaired) electrons. The van der Waals surface area contributed by atoms with E-state index in [9.17, 15) is 0 Å². The highest BCUT2D eigenvalue weighted by atomic mass is 79.9. The molecule has 1 aromatic heterocycles. The molecule has 2 aromatic carbocycles. The maximum atomic E-state index is 6.01. The molecule has 3 aromatic rings. The highest BCUT2D eigenvalue weighted by Gasteiger charge is 2.02. The zero-order valence-corrected chi connectivity index (χ0v) is 12.8. The summed E-state index contributed by atoms with van der Waals surface area (Å²) in [5, 5.41) is 4.10. The van der Waals surface area contributed by atoms with Gasteiger partial charge in [-0.25, -0.2) is 0 Å². The van der Waals surface area contributed by atoms with Gasteiger partial charge in [-0.05, 0) is 42.0 Å². The van der Waals surface area contributed by atoms with Crippen LogP contribution in [0.2, 0.25) is 5.02 Å². The number of fused-ring (bicyclic) bond motifs is 1. The molecule has 0 saturated carbocycles. The number of rotatable bonds is 3. The first kappa shape index (κ1) is 13.3. The summed E-state index contributed by atoms with van der Waals surface area (Å²) < 4.78 is 1.04. The van der Waals surface area contributed by atoms with Crippen LogP contribution in [0.3, 0.4) is 0 Å². The molecule has 3 nitrogen and oxygen atoms in total. The Labute approximate surface area is 130 Å². The fourth-order valence-corrected chi connectivity index (χ4v) is 2.53. The molecule has 1 N–H and O–H groups in total. The summed E-state index contributed by atoms with van der Waals surface area (Å²) in [5.74, 6) is 0. The highest BCUT2D eigenvalue weighted by molar-refractivity contribution is 9.10. The molecule has 1 heterocycles. The summed E-state index contributed by atoms with van der Waals surface area (Å²) >= 11 is 9.53. The van der Waals surface area contributed by atoms with Crippen LogP contribution >= 0.6 is 27.5 Å². The lowest BCUT2D eigenvalue weighted by molar-refractivity contribution is 1.14. The lowest BCUT2D eigenvalue weighted by atomic mass is 10.2. The maximum Gasteiger partial charge on any atom is 0.0907 e. The molecule has 0 amide bonds. The van der Waals surface area contributed by atoms with Gasteiger partial charge < -0.3 is 5.32 Å². The van der Waals surface area contributed by atoms with Gasteiger partial charge in [-0.2, -0.15) is 0 Å². The Morgan fingerprint density at radius 1 is 1.00 bits per heavy atom. The van der Waals surface area contributed by atoms with Crippen LogP contribution in [0.4, 0.5) is 5.69 Å². The zero-order valence-electron chi connectivity index (χ0n) is 10.5. The molecule has 5 heteroatoms. The van der Waals surface area contributed by atoms with E-state index < -0.39 is 0 Å². The summed E-state index contributed by atoms with van der Waals surface area (Å²) in [6.45, 7) is 0.687. The first-order valence-corrected chi connectivity index (χ1v) is 7.28. The second kappa shape index (κ2) is 5.77. The molecule has 0 atom stereocenters. The number of hydrogen-bond donors (Lipinski definition) is 1. The number of nitrogens with one attached hydrogen (secondary N) is 1. The molecular weight excluding hydrogens is 338 g/mol. The van der Waals surface area contributed by atoms with Crippen molar-refractivity contribution in [1.29, 1.82) is 0 Å². The van der Waals surface area contributed by atoms with Crippen LogP contribution in [0, 0.1) is 0 Å². The van der Waals surface area contributed by atoms with Gasteiger partial charge in [-0.1, -0.05) is 27.5 Å². The van der Waals surface area contributed by atoms with Crippen molar-refractivity contribution in [2.45, 2.75) is 6.54 Å². The fraction of sp³-hybridized carbons (Fsp3) is 0.0667. The fourth-order valence-electron chi connectivity index (χ4n) is 1.95. The van der Waals surface area contributed by atoms with Gasteiger partial charge in [0.05, 0.1) is 11.0 Å². The monoisotopic (exact) mass is 347 g/mol. The Hall–Kier alpha value is -1.65. The Morgan fingerprint density at radius 2 is 1.80 bits per heavy atom. The molecule has 0 fully saturated rings. The number of benzene rings is 2. The summed E-state index contributed by atoms with van der Waals surface area (Å²) in [5.41, 5.74) is 3.88. The standard InChI is InChI=1S/C15H11BrClN3/c16-13-3-1-11(17)7-10(13)9-20-12-2-4-14-15(8-12)19-6-5-18-14/h1-8,20H,9H2. The van der Waals surface area contributed by atoms with Crippen molar-refractivity contribution in [1.82, 2.24) is 9.97 Å². The van der Waals surface area contributed by atoms with E-state index in [-0.39, 0.29) is 0 Å². The summed E-state index contributed by atoms with van der Waals surface area (Å²) in [4.78, 5) is 8.55. The van der Waals surface area contributed by atoms with Crippen LogP contribution in [-0.4, -0.2) is 9.97 Å². The molecule has 3 rings (SSSR count). The third kappa shape index (κ3) is 2.92. The molecule has 0 aliphatic carbocycles. The van der Waals surface area contributed by atoms with Crippen molar-refractivity contribution in [3.8, 4) is 0 Å². The molecule has 0 bridgehead atoms. The third-order valence-corrected chi connectivity index (χ3v) is 3.97. The molecule has 100 valence electrons. The van der Waals surface area contributed by atoms with E-state index in [0.717, 1.165) is 31.8 Å². The Bertz CT molecular complexity index is 761. The first-order valence-electron chi connectivity index (χ1n) is 6.11. The van der Waals surface area contributed by atoms with Gasteiger partial charge in [0.25, 0.3) is 0 Å². The zero-order chi connectivity index (χ0) is 13.9. The molecule has 20 heavy (non-hydrogen) atoms. The molecular formula is C15H11BrClN3. The van der Waals surface area contributed by atoms with Crippen molar-refractivity contribution >= 4 is 44.3 Å². The molecule has 0 spiro atoms. The second-order valence-electron chi connectivity index (χ2n) is 4.35. The van der Waals surface area contributed by atoms with Gasteiger partial charge in [0.1, 0.15) is 0 Å². The number of anilines is 1. The Balaban J connectivity index is 1.81. The van der Waals surface area contributed by atoms with E-state index in [1.54, 1.807) is 12.4 Å². The predicted octanol–water partition coefficient (Wildman–Crippen LogP) is 4.66. The lowest BCUT2D eigenvalue weighted by Gasteiger charge is -2.09. The van der Waals surface area contributed by atoms with Crippen LogP contribution in [0.5, 0.6) is 0 Å². The van der Waals surface area contributed by atoms with Crippen molar-refractivity contribution in [3.05, 3.63) is 63.9 Å². The predicted molar refractivity (Wildman–Crippen MR) is 86.0 cm³/mol. The van der Waals surface area contributed by atoms with Crippen LogP contribution in [0.15, 0.2) is 53.3 Å². The van der Waals surface area contributed by atoms with Crippen LogP contribution in [-0.2, 0) is 6.54 Å². The number of hydrogen-bond acceptors (Lipinski definition) is 3. The summed E-state index contributed by atoms with van der Waals surface area (Å²) in [6.07, 6.45) is 3.39. The van der Waals surface area contributed by atoms with Gasteiger partial charge in [-0.15, -0.1) is 0 Å². The minimum Gasteiger partial charge on any atom is -0.381 e. The number of halogens is 2. The van der Waals surface area contributed by atoms with Gasteiger partial charge in [0, 0.05) is 34.1 Å². The topological polar surface area (TPSA) is 37.8 Å². The smallest absolute Gasteiger partial charge is 0.0907 e. The minimum atomic E-state index is 0.687. The van der Waals surface area contributed by atoms with Crippen LogP contribution in [0.25, 0.3) is 11.0 Å². The van der Waals surface area contributed by atoms with Crippen molar-refractivity contribution in [3.63, 3.8) is 0 Å². The van der Waals surface area contributed by atoms with E-state index >= 15 is 0 Å². The van der Waals surface area contributed by atoms with Crippen molar-refractivity contribution in [2.75, 3.05) is 5.32 Å². The van der Waals surface area contributed by atoms with Crippen LogP contribution < -0.4 is 5.32 Å². The van der Waals surface area contributed by atoms with Gasteiger partial charge in [0.15, 0.2) is 0 Å². The van der Waals surface area contributed by atoms with Crippen molar-refractivity contribution < 1.29 is 0 Å². The normalized spacial score (nSPS) is 10.7. The second-order valence-corrected chi connectivity index (χ2v) is 5.64. The molecule has 0 saturated heterocycles. The Kier molecular flexibility index (Phi) is 3.85. The van der Waals surface area contributed by atoms with E-state index in [2.05, 4.69) is 31.2 Å². The van der Waals surface area contributed by atoms with E-state index in [1.807, 2.05) is 36.4 Å². The third-order valence-electron chi connectivity index (χ3n) is 2.96. The molecule has 0 aliphatic rings. The highest BCUT2D eigenvalue weighted by Crippen LogP contribution is 2.23. The average molecular weight is 349 g/mol.